The standard InChI is InChI=1S/C17H25N3O2/c1-13-3-2-4-14(11-13)15(20-7-9-22-10-8-20)12-19-16(21)17(18)5-6-17/h2-4,11,15H,5-10,12,18H2,1H3,(H,19,21). The fourth-order valence-corrected chi connectivity index (χ4v) is 2.95. The predicted octanol–water partition coefficient (Wildman–Crippen LogP) is 0.976. The number of nitrogens with two attached hydrogens (primary N) is 1. The van der Waals surface area contributed by atoms with Gasteiger partial charge in [0, 0.05) is 19.6 Å². The van der Waals surface area contributed by atoms with Gasteiger partial charge in [-0.05, 0) is 25.3 Å². The number of aryl methyl sites for hydroxylation is 1. The highest BCUT2D eigenvalue weighted by atomic mass is 16.5. The number of nitrogens with zero attached hydrogens (tertiary/aromatic N) is 1. The molecule has 3 rings (SSSR count). The highest BCUT2D eigenvalue weighted by molar-refractivity contribution is 5.88. The molecule has 1 atom stereocenters. The maximum Gasteiger partial charge on any atom is 0.240 e. The second-order valence-electron chi connectivity index (χ2n) is 6.44. The minimum Gasteiger partial charge on any atom is -0.379 e. The van der Waals surface area contributed by atoms with E-state index in [4.69, 9.17) is 10.5 Å². The first-order valence-electron chi connectivity index (χ1n) is 8.04. The van der Waals surface area contributed by atoms with Crippen molar-refractivity contribution in [2.75, 3.05) is 32.8 Å². The molecule has 1 saturated heterocycles. The Bertz CT molecular complexity index is 536. The molecule has 5 heteroatoms. The smallest absolute Gasteiger partial charge is 0.240 e. The summed E-state index contributed by atoms with van der Waals surface area (Å²) in [5, 5.41) is 3.05. The van der Waals surface area contributed by atoms with Crippen LogP contribution in [0.1, 0.15) is 30.0 Å². The van der Waals surface area contributed by atoms with Crippen molar-refractivity contribution in [1.82, 2.24) is 10.2 Å². The first-order valence-corrected chi connectivity index (χ1v) is 8.04. The Hall–Kier alpha value is -1.43. The van der Waals surface area contributed by atoms with Crippen molar-refractivity contribution in [2.24, 2.45) is 5.73 Å². The van der Waals surface area contributed by atoms with Crippen LogP contribution in [-0.4, -0.2) is 49.2 Å². The molecule has 1 aliphatic carbocycles. The van der Waals surface area contributed by atoms with Gasteiger partial charge >= 0.3 is 0 Å². The van der Waals surface area contributed by atoms with Crippen LogP contribution in [0, 0.1) is 6.92 Å². The minimum absolute atomic E-state index is 0.0154. The molecule has 120 valence electrons. The van der Waals surface area contributed by atoms with E-state index in [-0.39, 0.29) is 11.9 Å². The molecule has 0 radical (unpaired) electrons. The number of benzene rings is 1. The Labute approximate surface area is 131 Å². The number of amides is 1. The van der Waals surface area contributed by atoms with E-state index in [9.17, 15) is 4.79 Å². The Morgan fingerprint density at radius 3 is 2.77 bits per heavy atom. The third-order valence-electron chi connectivity index (χ3n) is 4.61. The lowest BCUT2D eigenvalue weighted by Gasteiger charge is -2.35. The largest absolute Gasteiger partial charge is 0.379 e. The van der Waals surface area contributed by atoms with Crippen LogP contribution in [-0.2, 0) is 9.53 Å². The number of ether oxygens (including phenoxy) is 1. The van der Waals surface area contributed by atoms with Gasteiger partial charge in [0.1, 0.15) is 0 Å². The summed E-state index contributed by atoms with van der Waals surface area (Å²) in [6.45, 7) is 5.97. The van der Waals surface area contributed by atoms with Gasteiger partial charge < -0.3 is 15.8 Å². The van der Waals surface area contributed by atoms with Gasteiger partial charge in [-0.25, -0.2) is 0 Å². The van der Waals surface area contributed by atoms with Crippen LogP contribution in [0.3, 0.4) is 0 Å². The fourth-order valence-electron chi connectivity index (χ4n) is 2.95. The van der Waals surface area contributed by atoms with Crippen molar-refractivity contribution in [1.29, 1.82) is 0 Å². The highest BCUT2D eigenvalue weighted by Crippen LogP contribution is 2.32. The Kier molecular flexibility index (Phi) is 4.47. The fraction of sp³-hybridized carbons (Fsp3) is 0.588. The van der Waals surface area contributed by atoms with E-state index >= 15 is 0 Å². The van der Waals surface area contributed by atoms with Gasteiger partial charge in [0.05, 0.1) is 24.8 Å². The lowest BCUT2D eigenvalue weighted by molar-refractivity contribution is -0.123. The van der Waals surface area contributed by atoms with Gasteiger partial charge in [-0.2, -0.15) is 0 Å². The summed E-state index contributed by atoms with van der Waals surface area (Å²) < 4.78 is 5.45. The molecule has 1 saturated carbocycles. The average Bonchev–Trinajstić information content (AvgIpc) is 3.28. The van der Waals surface area contributed by atoms with E-state index in [1.54, 1.807) is 0 Å². The summed E-state index contributed by atoms with van der Waals surface area (Å²) in [6.07, 6.45) is 1.59. The van der Waals surface area contributed by atoms with E-state index < -0.39 is 5.54 Å². The second kappa shape index (κ2) is 6.36. The first kappa shape index (κ1) is 15.5. The molecule has 1 heterocycles. The van der Waals surface area contributed by atoms with Crippen molar-refractivity contribution >= 4 is 5.91 Å². The molecule has 0 aromatic heterocycles. The van der Waals surface area contributed by atoms with Gasteiger partial charge in [-0.15, -0.1) is 0 Å². The van der Waals surface area contributed by atoms with Crippen molar-refractivity contribution < 1.29 is 9.53 Å². The molecule has 0 bridgehead atoms. The third kappa shape index (κ3) is 3.48. The number of morpholine rings is 1. The maximum absolute atomic E-state index is 12.1. The van der Waals surface area contributed by atoms with Crippen molar-refractivity contribution in [3.05, 3.63) is 35.4 Å². The molecule has 1 aliphatic heterocycles. The zero-order valence-electron chi connectivity index (χ0n) is 13.2. The molecular formula is C17H25N3O2. The van der Waals surface area contributed by atoms with E-state index in [2.05, 4.69) is 41.4 Å². The average molecular weight is 303 g/mol. The van der Waals surface area contributed by atoms with Gasteiger partial charge in [-0.3, -0.25) is 9.69 Å². The van der Waals surface area contributed by atoms with Crippen molar-refractivity contribution in [3.63, 3.8) is 0 Å². The van der Waals surface area contributed by atoms with Crippen LogP contribution in [0.5, 0.6) is 0 Å². The second-order valence-corrected chi connectivity index (χ2v) is 6.44. The predicted molar refractivity (Wildman–Crippen MR) is 85.5 cm³/mol. The van der Waals surface area contributed by atoms with Gasteiger partial charge in [0.2, 0.25) is 5.91 Å². The Morgan fingerprint density at radius 2 is 2.14 bits per heavy atom. The topological polar surface area (TPSA) is 67.6 Å². The SMILES string of the molecule is Cc1cccc(C(CNC(=O)C2(N)CC2)N2CCOCC2)c1. The molecule has 5 nitrogen and oxygen atoms in total. The van der Waals surface area contributed by atoms with E-state index in [0.29, 0.717) is 6.54 Å². The lowest BCUT2D eigenvalue weighted by Crippen LogP contribution is -2.48. The van der Waals surface area contributed by atoms with Crippen molar-refractivity contribution in [2.45, 2.75) is 31.3 Å². The molecule has 3 N–H and O–H groups in total. The van der Waals surface area contributed by atoms with Crippen LogP contribution in [0.15, 0.2) is 24.3 Å². The molecule has 1 aromatic carbocycles. The number of carbonyl (C=O) groups excluding carboxylic acids is 1. The summed E-state index contributed by atoms with van der Waals surface area (Å²) in [4.78, 5) is 14.5. The summed E-state index contributed by atoms with van der Waals surface area (Å²) >= 11 is 0. The molecule has 1 aromatic rings. The van der Waals surface area contributed by atoms with E-state index in [1.165, 1.54) is 11.1 Å². The summed E-state index contributed by atoms with van der Waals surface area (Å²) in [7, 11) is 0. The third-order valence-corrected chi connectivity index (χ3v) is 4.61. The van der Waals surface area contributed by atoms with Gasteiger partial charge in [0.15, 0.2) is 0 Å². The van der Waals surface area contributed by atoms with Crippen LogP contribution in [0.2, 0.25) is 0 Å². The van der Waals surface area contributed by atoms with Crippen LogP contribution in [0.4, 0.5) is 0 Å². The summed E-state index contributed by atoms with van der Waals surface area (Å²) in [5.74, 6) is -0.0154. The lowest BCUT2D eigenvalue weighted by atomic mass is 10.0. The Balaban J connectivity index is 1.72. The minimum atomic E-state index is -0.609. The van der Waals surface area contributed by atoms with Crippen LogP contribution >= 0.6 is 0 Å². The van der Waals surface area contributed by atoms with Gasteiger partial charge in [-0.1, -0.05) is 29.8 Å². The maximum atomic E-state index is 12.1. The molecule has 2 aliphatic rings. The summed E-state index contributed by atoms with van der Waals surface area (Å²) in [6, 6.07) is 8.68. The normalized spacial score (nSPS) is 22.1. The Morgan fingerprint density at radius 1 is 1.41 bits per heavy atom. The highest BCUT2D eigenvalue weighted by Gasteiger charge is 2.46. The van der Waals surface area contributed by atoms with Crippen LogP contribution < -0.4 is 11.1 Å². The monoisotopic (exact) mass is 303 g/mol. The number of nitrogens with one attached hydrogen (secondary N) is 1. The number of carbonyl (C=O) groups is 1. The summed E-state index contributed by atoms with van der Waals surface area (Å²) in [5.41, 5.74) is 7.84. The molecule has 1 amide bonds. The quantitative estimate of drug-likeness (QED) is 0.851. The number of hydrogen-bond acceptors (Lipinski definition) is 4. The van der Waals surface area contributed by atoms with Crippen molar-refractivity contribution in [3.8, 4) is 0 Å². The van der Waals surface area contributed by atoms with Gasteiger partial charge in [0.25, 0.3) is 0 Å². The van der Waals surface area contributed by atoms with E-state index in [1.807, 2.05) is 0 Å². The molecular weight excluding hydrogens is 278 g/mol. The first-order chi connectivity index (χ1) is 10.6. The number of rotatable bonds is 5. The van der Waals surface area contributed by atoms with Crippen LogP contribution in [0.25, 0.3) is 0 Å². The molecule has 0 spiro atoms. The van der Waals surface area contributed by atoms with E-state index in [0.717, 1.165) is 39.1 Å². The molecule has 2 fully saturated rings. The molecule has 1 unspecified atom stereocenters. The molecule has 22 heavy (non-hydrogen) atoms. The zero-order valence-corrected chi connectivity index (χ0v) is 13.2. The number of hydrogen-bond donors (Lipinski definition) is 2. The zero-order chi connectivity index (χ0) is 15.6.